The van der Waals surface area contributed by atoms with E-state index in [1.54, 1.807) is 18.2 Å². The lowest BCUT2D eigenvalue weighted by atomic mass is 10.2. The van der Waals surface area contributed by atoms with Gasteiger partial charge >= 0.3 is 5.97 Å². The quantitative estimate of drug-likeness (QED) is 0.601. The SMILES string of the molecule is O=C(OCCOc1ccc(Br)cc1)c1ccc2c(c1)OCO2. The van der Waals surface area contributed by atoms with Crippen molar-refractivity contribution >= 4 is 21.9 Å². The van der Waals surface area contributed by atoms with Crippen LogP contribution >= 0.6 is 15.9 Å². The topological polar surface area (TPSA) is 54.0 Å². The molecule has 0 radical (unpaired) electrons. The number of rotatable bonds is 5. The molecule has 0 atom stereocenters. The molecule has 0 N–H and O–H groups in total. The first-order valence-electron chi connectivity index (χ1n) is 6.67. The summed E-state index contributed by atoms with van der Waals surface area (Å²) < 4.78 is 22.0. The van der Waals surface area contributed by atoms with E-state index in [0.717, 1.165) is 10.2 Å². The van der Waals surface area contributed by atoms with E-state index in [2.05, 4.69) is 15.9 Å². The molecule has 0 fully saturated rings. The van der Waals surface area contributed by atoms with Gasteiger partial charge in [-0.1, -0.05) is 15.9 Å². The zero-order valence-electron chi connectivity index (χ0n) is 11.6. The van der Waals surface area contributed by atoms with Crippen molar-refractivity contribution in [3.8, 4) is 17.2 Å². The first-order valence-corrected chi connectivity index (χ1v) is 7.47. The van der Waals surface area contributed by atoms with E-state index >= 15 is 0 Å². The van der Waals surface area contributed by atoms with Gasteiger partial charge in [-0.3, -0.25) is 0 Å². The minimum Gasteiger partial charge on any atom is -0.490 e. The molecule has 0 saturated heterocycles. The number of carbonyl (C=O) groups excluding carboxylic acids is 1. The molecular weight excluding hydrogens is 352 g/mol. The normalized spacial score (nSPS) is 12.0. The highest BCUT2D eigenvalue weighted by Crippen LogP contribution is 2.32. The molecule has 0 unspecified atom stereocenters. The van der Waals surface area contributed by atoms with Crippen LogP contribution in [0.5, 0.6) is 17.2 Å². The molecule has 1 aliphatic heterocycles. The van der Waals surface area contributed by atoms with Crippen LogP contribution < -0.4 is 14.2 Å². The summed E-state index contributed by atoms with van der Waals surface area (Å²) >= 11 is 3.35. The smallest absolute Gasteiger partial charge is 0.338 e. The van der Waals surface area contributed by atoms with E-state index in [9.17, 15) is 4.79 Å². The molecule has 0 bridgehead atoms. The lowest BCUT2D eigenvalue weighted by molar-refractivity contribution is 0.0450. The zero-order valence-corrected chi connectivity index (χ0v) is 13.2. The summed E-state index contributed by atoms with van der Waals surface area (Å²) in [5.74, 6) is 1.50. The fraction of sp³-hybridized carbons (Fsp3) is 0.188. The van der Waals surface area contributed by atoms with Crippen molar-refractivity contribution in [1.29, 1.82) is 0 Å². The molecule has 6 heteroatoms. The van der Waals surface area contributed by atoms with Crippen molar-refractivity contribution in [2.45, 2.75) is 0 Å². The zero-order chi connectivity index (χ0) is 15.4. The van der Waals surface area contributed by atoms with Gasteiger partial charge in [0.1, 0.15) is 19.0 Å². The van der Waals surface area contributed by atoms with Gasteiger partial charge in [0.25, 0.3) is 0 Å². The molecular formula is C16H13BrO5. The van der Waals surface area contributed by atoms with Crippen LogP contribution in [0.2, 0.25) is 0 Å². The number of ether oxygens (including phenoxy) is 4. The Kier molecular flexibility index (Phi) is 4.48. The third-order valence-corrected chi connectivity index (χ3v) is 3.54. The molecule has 22 heavy (non-hydrogen) atoms. The molecule has 1 heterocycles. The highest BCUT2D eigenvalue weighted by molar-refractivity contribution is 9.10. The molecule has 5 nitrogen and oxygen atoms in total. The average Bonchev–Trinajstić information content (AvgIpc) is 3.00. The van der Waals surface area contributed by atoms with Gasteiger partial charge < -0.3 is 18.9 Å². The molecule has 1 aliphatic rings. The molecule has 3 rings (SSSR count). The number of benzene rings is 2. The molecule has 2 aromatic carbocycles. The van der Waals surface area contributed by atoms with Crippen LogP contribution in [0.25, 0.3) is 0 Å². The Bertz CT molecular complexity index is 669. The van der Waals surface area contributed by atoms with E-state index in [0.29, 0.717) is 17.1 Å². The minimum atomic E-state index is -0.419. The second-order valence-corrected chi connectivity index (χ2v) is 5.42. The Labute approximate surface area is 135 Å². The van der Waals surface area contributed by atoms with Crippen molar-refractivity contribution in [3.05, 3.63) is 52.5 Å². The lowest BCUT2D eigenvalue weighted by Gasteiger charge is -2.08. The van der Waals surface area contributed by atoms with E-state index in [1.165, 1.54) is 0 Å². The van der Waals surface area contributed by atoms with Gasteiger partial charge in [-0.15, -0.1) is 0 Å². The number of hydrogen-bond acceptors (Lipinski definition) is 5. The Morgan fingerprint density at radius 3 is 2.64 bits per heavy atom. The van der Waals surface area contributed by atoms with Crippen LogP contribution in [-0.2, 0) is 4.74 Å². The molecule has 0 amide bonds. The summed E-state index contributed by atoms with van der Waals surface area (Å²) in [5.41, 5.74) is 0.424. The maximum absolute atomic E-state index is 11.9. The first-order chi connectivity index (χ1) is 10.7. The predicted molar refractivity (Wildman–Crippen MR) is 82.5 cm³/mol. The molecule has 0 aromatic heterocycles. The Balaban J connectivity index is 1.47. The third-order valence-electron chi connectivity index (χ3n) is 3.01. The summed E-state index contributed by atoms with van der Waals surface area (Å²) in [6.07, 6.45) is 0. The molecule has 0 spiro atoms. The summed E-state index contributed by atoms with van der Waals surface area (Å²) in [7, 11) is 0. The number of hydrogen-bond donors (Lipinski definition) is 0. The largest absolute Gasteiger partial charge is 0.490 e. The molecule has 2 aromatic rings. The first kappa shape index (κ1) is 14.7. The fourth-order valence-electron chi connectivity index (χ4n) is 1.93. The van der Waals surface area contributed by atoms with Crippen molar-refractivity contribution in [1.82, 2.24) is 0 Å². The Morgan fingerprint density at radius 2 is 1.82 bits per heavy atom. The summed E-state index contributed by atoms with van der Waals surface area (Å²) in [6, 6.07) is 12.4. The predicted octanol–water partition coefficient (Wildman–Crippen LogP) is 3.41. The Morgan fingerprint density at radius 1 is 1.05 bits per heavy atom. The van der Waals surface area contributed by atoms with Gasteiger partial charge in [-0.2, -0.15) is 0 Å². The van der Waals surface area contributed by atoms with Crippen molar-refractivity contribution in [2.75, 3.05) is 20.0 Å². The van der Waals surface area contributed by atoms with Crippen LogP contribution in [0.1, 0.15) is 10.4 Å². The molecule has 0 saturated carbocycles. The molecule has 114 valence electrons. The van der Waals surface area contributed by atoms with E-state index < -0.39 is 5.97 Å². The van der Waals surface area contributed by atoms with E-state index in [1.807, 2.05) is 24.3 Å². The van der Waals surface area contributed by atoms with Gasteiger partial charge in [0, 0.05) is 4.47 Å². The number of carbonyl (C=O) groups is 1. The highest BCUT2D eigenvalue weighted by Gasteiger charge is 2.16. The maximum Gasteiger partial charge on any atom is 0.338 e. The van der Waals surface area contributed by atoms with E-state index in [-0.39, 0.29) is 20.0 Å². The lowest BCUT2D eigenvalue weighted by Crippen LogP contribution is -2.12. The second-order valence-electron chi connectivity index (χ2n) is 4.51. The Hall–Kier alpha value is -2.21. The summed E-state index contributed by atoms with van der Waals surface area (Å²) in [6.45, 7) is 0.635. The number of esters is 1. The number of halogens is 1. The van der Waals surface area contributed by atoms with Gasteiger partial charge in [0.15, 0.2) is 11.5 Å². The van der Waals surface area contributed by atoms with Crippen molar-refractivity contribution < 1.29 is 23.7 Å². The van der Waals surface area contributed by atoms with Gasteiger partial charge in [0.05, 0.1) is 5.56 Å². The van der Waals surface area contributed by atoms with Crippen LogP contribution in [0.4, 0.5) is 0 Å². The highest BCUT2D eigenvalue weighted by atomic mass is 79.9. The minimum absolute atomic E-state index is 0.170. The second kappa shape index (κ2) is 6.70. The number of fused-ring (bicyclic) bond motifs is 1. The van der Waals surface area contributed by atoms with Crippen LogP contribution in [0.3, 0.4) is 0 Å². The maximum atomic E-state index is 11.9. The molecule has 0 aliphatic carbocycles. The van der Waals surface area contributed by atoms with Gasteiger partial charge in [0.2, 0.25) is 6.79 Å². The standard InChI is InChI=1S/C16H13BrO5/c17-12-2-4-13(5-3-12)19-7-8-20-16(18)11-1-6-14-15(9-11)22-10-21-14/h1-6,9H,7-8,10H2. The summed E-state index contributed by atoms with van der Waals surface area (Å²) in [4.78, 5) is 11.9. The van der Waals surface area contributed by atoms with Gasteiger partial charge in [-0.25, -0.2) is 4.79 Å². The average molecular weight is 365 g/mol. The third kappa shape index (κ3) is 3.51. The summed E-state index contributed by atoms with van der Waals surface area (Å²) in [5, 5.41) is 0. The van der Waals surface area contributed by atoms with Gasteiger partial charge in [-0.05, 0) is 42.5 Å². The van der Waals surface area contributed by atoms with Crippen molar-refractivity contribution in [3.63, 3.8) is 0 Å². The van der Waals surface area contributed by atoms with Crippen LogP contribution in [0, 0.1) is 0 Å². The van der Waals surface area contributed by atoms with Crippen LogP contribution in [-0.4, -0.2) is 26.0 Å². The monoisotopic (exact) mass is 364 g/mol. The van der Waals surface area contributed by atoms with E-state index in [4.69, 9.17) is 18.9 Å². The van der Waals surface area contributed by atoms with Crippen molar-refractivity contribution in [2.24, 2.45) is 0 Å². The fourth-order valence-corrected chi connectivity index (χ4v) is 2.20. The van der Waals surface area contributed by atoms with Crippen LogP contribution in [0.15, 0.2) is 46.9 Å².